The highest BCUT2D eigenvalue weighted by Gasteiger charge is 1.99. The van der Waals surface area contributed by atoms with E-state index in [9.17, 15) is 4.79 Å². The smallest absolute Gasteiger partial charge is 0.221 e. The quantitative estimate of drug-likeness (QED) is 0.798. The minimum atomic E-state index is 0. The minimum absolute atomic E-state index is 0. The lowest BCUT2D eigenvalue weighted by molar-refractivity contribution is -0.120. The molecule has 0 heterocycles. The Hall–Kier alpha value is -0.770. The lowest BCUT2D eigenvalue weighted by Gasteiger charge is -2.05. The van der Waals surface area contributed by atoms with Gasteiger partial charge in [0.1, 0.15) is 0 Å². The first-order valence-corrected chi connectivity index (χ1v) is 5.26. The summed E-state index contributed by atoms with van der Waals surface area (Å²) in [5, 5.41) is 6.49. The first kappa shape index (κ1) is 15.2. The molecule has 0 radical (unpaired) electrons. The molecule has 0 bridgehead atoms. The van der Waals surface area contributed by atoms with Gasteiger partial charge in [0, 0.05) is 31.6 Å². The molecule has 0 aliphatic rings. The summed E-state index contributed by atoms with van der Waals surface area (Å²) in [6, 6.07) is 7.67. The van der Waals surface area contributed by atoms with Crippen LogP contribution in [0.25, 0.3) is 0 Å². The van der Waals surface area contributed by atoms with Gasteiger partial charge in [-0.05, 0) is 11.6 Å². The Balaban J connectivity index is 0.00000225. The Morgan fingerprint density at radius 3 is 2.69 bits per heavy atom. The van der Waals surface area contributed by atoms with Gasteiger partial charge in [-0.25, -0.2) is 0 Å². The molecule has 16 heavy (non-hydrogen) atoms. The van der Waals surface area contributed by atoms with Crippen LogP contribution in [0.3, 0.4) is 0 Å². The summed E-state index contributed by atoms with van der Waals surface area (Å²) < 4.78 is 0. The minimum Gasteiger partial charge on any atom is -0.359 e. The summed E-state index contributed by atoms with van der Waals surface area (Å²) in [5.41, 5.74) is 1.05. The maximum Gasteiger partial charge on any atom is 0.221 e. The SMILES string of the molecule is CNC(=O)CCNCc1ccccc1Cl.Cl. The summed E-state index contributed by atoms with van der Waals surface area (Å²) in [4.78, 5) is 10.9. The molecule has 0 atom stereocenters. The van der Waals surface area contributed by atoms with E-state index in [1.807, 2.05) is 24.3 Å². The third kappa shape index (κ3) is 5.35. The first-order valence-electron chi connectivity index (χ1n) is 4.88. The van der Waals surface area contributed by atoms with Crippen LogP contribution in [0.5, 0.6) is 0 Å². The monoisotopic (exact) mass is 262 g/mol. The molecule has 0 fully saturated rings. The summed E-state index contributed by atoms with van der Waals surface area (Å²) >= 11 is 5.97. The molecular formula is C11H16Cl2N2O. The van der Waals surface area contributed by atoms with Gasteiger partial charge in [-0.15, -0.1) is 12.4 Å². The van der Waals surface area contributed by atoms with E-state index in [0.717, 1.165) is 10.6 Å². The normalized spacial score (nSPS) is 9.38. The van der Waals surface area contributed by atoms with E-state index in [2.05, 4.69) is 10.6 Å². The maximum atomic E-state index is 10.9. The van der Waals surface area contributed by atoms with Crippen molar-refractivity contribution in [2.45, 2.75) is 13.0 Å². The van der Waals surface area contributed by atoms with Crippen molar-refractivity contribution >= 4 is 29.9 Å². The van der Waals surface area contributed by atoms with E-state index in [4.69, 9.17) is 11.6 Å². The largest absolute Gasteiger partial charge is 0.359 e. The lowest BCUT2D eigenvalue weighted by atomic mass is 10.2. The highest BCUT2D eigenvalue weighted by Crippen LogP contribution is 2.13. The average molecular weight is 263 g/mol. The van der Waals surface area contributed by atoms with Crippen molar-refractivity contribution in [2.75, 3.05) is 13.6 Å². The standard InChI is InChI=1S/C11H15ClN2O.ClH/c1-13-11(15)6-7-14-8-9-4-2-3-5-10(9)12;/h2-5,14H,6-8H2,1H3,(H,13,15);1H. The summed E-state index contributed by atoms with van der Waals surface area (Å²) in [6.45, 7) is 1.35. The molecule has 2 N–H and O–H groups in total. The number of carbonyl (C=O) groups is 1. The van der Waals surface area contributed by atoms with Crippen LogP contribution in [0.1, 0.15) is 12.0 Å². The Bertz CT molecular complexity index is 332. The molecule has 3 nitrogen and oxygen atoms in total. The van der Waals surface area contributed by atoms with E-state index in [1.165, 1.54) is 0 Å². The molecule has 1 rings (SSSR count). The molecule has 90 valence electrons. The van der Waals surface area contributed by atoms with Gasteiger partial charge in [-0.2, -0.15) is 0 Å². The van der Waals surface area contributed by atoms with E-state index in [1.54, 1.807) is 7.05 Å². The Labute approximate surface area is 107 Å². The summed E-state index contributed by atoms with van der Waals surface area (Å²) in [5.74, 6) is 0.0432. The fourth-order valence-electron chi connectivity index (χ4n) is 1.19. The van der Waals surface area contributed by atoms with Crippen LogP contribution in [0, 0.1) is 0 Å². The van der Waals surface area contributed by atoms with Crippen molar-refractivity contribution < 1.29 is 4.79 Å². The first-order chi connectivity index (χ1) is 7.24. The van der Waals surface area contributed by atoms with Crippen LogP contribution in [-0.2, 0) is 11.3 Å². The topological polar surface area (TPSA) is 41.1 Å². The summed E-state index contributed by atoms with van der Waals surface area (Å²) in [7, 11) is 1.64. The Morgan fingerprint density at radius 2 is 2.06 bits per heavy atom. The molecule has 1 aromatic carbocycles. The van der Waals surface area contributed by atoms with Crippen molar-refractivity contribution in [3.05, 3.63) is 34.9 Å². The van der Waals surface area contributed by atoms with Crippen molar-refractivity contribution in [2.24, 2.45) is 0 Å². The van der Waals surface area contributed by atoms with Crippen LogP contribution in [-0.4, -0.2) is 19.5 Å². The van der Waals surface area contributed by atoms with Crippen LogP contribution >= 0.6 is 24.0 Å². The molecule has 0 aliphatic heterocycles. The highest BCUT2D eigenvalue weighted by atomic mass is 35.5. The molecule has 0 saturated heterocycles. The molecular weight excluding hydrogens is 247 g/mol. The second-order valence-electron chi connectivity index (χ2n) is 3.19. The number of hydrogen-bond donors (Lipinski definition) is 2. The lowest BCUT2D eigenvalue weighted by Crippen LogP contribution is -2.24. The molecule has 1 aromatic rings. The Kier molecular flexibility index (Phi) is 7.99. The van der Waals surface area contributed by atoms with Gasteiger partial charge >= 0.3 is 0 Å². The molecule has 0 aliphatic carbocycles. The number of carbonyl (C=O) groups excluding carboxylic acids is 1. The predicted octanol–water partition coefficient (Wildman–Crippen LogP) is 1.99. The van der Waals surface area contributed by atoms with Gasteiger partial charge in [0.15, 0.2) is 0 Å². The van der Waals surface area contributed by atoms with Crippen molar-refractivity contribution in [3.63, 3.8) is 0 Å². The molecule has 1 amide bonds. The fraction of sp³-hybridized carbons (Fsp3) is 0.364. The van der Waals surface area contributed by atoms with Gasteiger partial charge in [0.2, 0.25) is 5.91 Å². The number of rotatable bonds is 5. The number of hydrogen-bond acceptors (Lipinski definition) is 2. The van der Waals surface area contributed by atoms with Crippen molar-refractivity contribution in [3.8, 4) is 0 Å². The van der Waals surface area contributed by atoms with Crippen LogP contribution in [0.4, 0.5) is 0 Å². The van der Waals surface area contributed by atoms with Gasteiger partial charge in [-0.3, -0.25) is 4.79 Å². The molecule has 0 aromatic heterocycles. The zero-order valence-electron chi connectivity index (χ0n) is 9.13. The van der Waals surface area contributed by atoms with Crippen LogP contribution in [0.15, 0.2) is 24.3 Å². The van der Waals surface area contributed by atoms with E-state index < -0.39 is 0 Å². The van der Waals surface area contributed by atoms with Crippen LogP contribution in [0.2, 0.25) is 5.02 Å². The highest BCUT2D eigenvalue weighted by molar-refractivity contribution is 6.31. The molecule has 0 unspecified atom stereocenters. The maximum absolute atomic E-state index is 10.9. The average Bonchev–Trinajstić information content (AvgIpc) is 2.26. The molecule has 0 saturated carbocycles. The molecule has 5 heteroatoms. The number of amides is 1. The molecule has 0 spiro atoms. The second kappa shape index (κ2) is 8.39. The fourth-order valence-corrected chi connectivity index (χ4v) is 1.39. The second-order valence-corrected chi connectivity index (χ2v) is 3.60. The zero-order chi connectivity index (χ0) is 11.1. The van der Waals surface area contributed by atoms with Crippen molar-refractivity contribution in [1.82, 2.24) is 10.6 Å². The van der Waals surface area contributed by atoms with Gasteiger partial charge in [0.05, 0.1) is 0 Å². The zero-order valence-corrected chi connectivity index (χ0v) is 10.7. The number of halogens is 2. The van der Waals surface area contributed by atoms with Crippen molar-refractivity contribution in [1.29, 1.82) is 0 Å². The third-order valence-corrected chi connectivity index (χ3v) is 2.45. The van der Waals surface area contributed by atoms with Crippen LogP contribution < -0.4 is 10.6 Å². The van der Waals surface area contributed by atoms with Gasteiger partial charge in [-0.1, -0.05) is 29.8 Å². The third-order valence-electron chi connectivity index (χ3n) is 2.08. The summed E-state index contributed by atoms with van der Waals surface area (Å²) in [6.07, 6.45) is 0.487. The van der Waals surface area contributed by atoms with Gasteiger partial charge < -0.3 is 10.6 Å². The number of nitrogens with one attached hydrogen (secondary N) is 2. The predicted molar refractivity (Wildman–Crippen MR) is 69.1 cm³/mol. The number of benzene rings is 1. The Morgan fingerprint density at radius 1 is 1.38 bits per heavy atom. The van der Waals surface area contributed by atoms with E-state index in [-0.39, 0.29) is 18.3 Å². The van der Waals surface area contributed by atoms with E-state index in [0.29, 0.717) is 19.5 Å². The van der Waals surface area contributed by atoms with E-state index >= 15 is 0 Å². The van der Waals surface area contributed by atoms with Gasteiger partial charge in [0.25, 0.3) is 0 Å².